The molecule has 0 bridgehead atoms. The number of nitrogens with one attached hydrogen (secondary N) is 1. The molecule has 0 spiro atoms. The molecule has 23 heavy (non-hydrogen) atoms. The summed E-state index contributed by atoms with van der Waals surface area (Å²) in [6.45, 7) is 2.90. The summed E-state index contributed by atoms with van der Waals surface area (Å²) in [6.07, 6.45) is 8.52. The van der Waals surface area contributed by atoms with Crippen molar-refractivity contribution in [1.82, 2.24) is 4.98 Å². The number of esters is 1. The number of pyridine rings is 1. The Hall–Kier alpha value is -2.09. The van der Waals surface area contributed by atoms with Gasteiger partial charge in [-0.2, -0.15) is 5.26 Å². The summed E-state index contributed by atoms with van der Waals surface area (Å²) in [5.74, 6) is 1.46. The molecule has 1 aliphatic rings. The van der Waals surface area contributed by atoms with Gasteiger partial charge >= 0.3 is 5.97 Å². The molecule has 0 aromatic carbocycles. The molecule has 5 heteroatoms. The van der Waals surface area contributed by atoms with Crippen LogP contribution in [0.1, 0.15) is 51.0 Å². The predicted molar refractivity (Wildman–Crippen MR) is 88.8 cm³/mol. The summed E-state index contributed by atoms with van der Waals surface area (Å²) in [5, 5.41) is 12.0. The van der Waals surface area contributed by atoms with Crippen LogP contribution in [0, 0.1) is 23.2 Å². The fourth-order valence-corrected chi connectivity index (χ4v) is 3.16. The molecule has 1 unspecified atom stereocenters. The highest BCUT2D eigenvalue weighted by Gasteiger charge is 2.22. The van der Waals surface area contributed by atoms with Crippen molar-refractivity contribution in [2.45, 2.75) is 45.4 Å². The maximum Gasteiger partial charge on any atom is 0.306 e. The highest BCUT2D eigenvalue weighted by atomic mass is 16.5. The Morgan fingerprint density at radius 2 is 2.26 bits per heavy atom. The van der Waals surface area contributed by atoms with Gasteiger partial charge in [-0.05, 0) is 24.0 Å². The average molecular weight is 315 g/mol. The Kier molecular flexibility index (Phi) is 6.86. The van der Waals surface area contributed by atoms with E-state index >= 15 is 0 Å². The first-order valence-electron chi connectivity index (χ1n) is 8.45. The maximum atomic E-state index is 11.9. The first kappa shape index (κ1) is 17.3. The van der Waals surface area contributed by atoms with E-state index in [-0.39, 0.29) is 12.6 Å². The number of ether oxygens (including phenoxy) is 1. The second-order valence-electron chi connectivity index (χ2n) is 6.24. The van der Waals surface area contributed by atoms with Gasteiger partial charge in [0.05, 0.1) is 12.1 Å². The van der Waals surface area contributed by atoms with Crippen molar-refractivity contribution in [3.05, 3.63) is 23.9 Å². The Balaban J connectivity index is 1.65. The highest BCUT2D eigenvalue weighted by molar-refractivity contribution is 5.69. The summed E-state index contributed by atoms with van der Waals surface area (Å²) in [5.41, 5.74) is 0.491. The number of nitriles is 1. The Labute approximate surface area is 138 Å². The van der Waals surface area contributed by atoms with Gasteiger partial charge < -0.3 is 10.1 Å². The van der Waals surface area contributed by atoms with E-state index in [1.165, 1.54) is 32.1 Å². The summed E-state index contributed by atoms with van der Waals surface area (Å²) in [4.78, 5) is 16.0. The van der Waals surface area contributed by atoms with Crippen LogP contribution in [0.2, 0.25) is 0 Å². The molecule has 1 heterocycles. The molecular weight excluding hydrogens is 290 g/mol. The van der Waals surface area contributed by atoms with E-state index in [1.54, 1.807) is 18.3 Å². The maximum absolute atomic E-state index is 11.9. The van der Waals surface area contributed by atoms with E-state index in [4.69, 9.17) is 10.00 Å². The zero-order chi connectivity index (χ0) is 16.5. The van der Waals surface area contributed by atoms with Gasteiger partial charge in [-0.3, -0.25) is 4.79 Å². The fourth-order valence-electron chi connectivity index (χ4n) is 3.16. The number of carbonyl (C=O) groups excluding carboxylic acids is 1. The number of rotatable bonds is 7. The predicted octanol–water partition coefficient (Wildman–Crippen LogP) is 3.51. The first-order valence-corrected chi connectivity index (χ1v) is 8.45. The molecular formula is C18H25N3O2. The highest BCUT2D eigenvalue weighted by Crippen LogP contribution is 2.31. The monoisotopic (exact) mass is 315 g/mol. The Bertz CT molecular complexity index is 547. The van der Waals surface area contributed by atoms with Crippen LogP contribution in [0.25, 0.3) is 0 Å². The largest absolute Gasteiger partial charge is 0.464 e. The molecule has 1 aliphatic carbocycles. The molecule has 124 valence electrons. The molecule has 1 N–H and O–H groups in total. The van der Waals surface area contributed by atoms with Gasteiger partial charge in [0.1, 0.15) is 18.5 Å². The van der Waals surface area contributed by atoms with Gasteiger partial charge in [-0.1, -0.05) is 39.0 Å². The van der Waals surface area contributed by atoms with Crippen molar-refractivity contribution >= 4 is 11.8 Å². The summed E-state index contributed by atoms with van der Waals surface area (Å²) >= 11 is 0. The third-order valence-corrected chi connectivity index (χ3v) is 4.53. The van der Waals surface area contributed by atoms with Crippen LogP contribution < -0.4 is 5.32 Å². The van der Waals surface area contributed by atoms with Crippen molar-refractivity contribution in [2.75, 3.05) is 18.5 Å². The second-order valence-corrected chi connectivity index (χ2v) is 6.24. The van der Waals surface area contributed by atoms with E-state index < -0.39 is 0 Å². The minimum absolute atomic E-state index is 0.133. The van der Waals surface area contributed by atoms with E-state index in [9.17, 15) is 4.79 Å². The molecule has 0 amide bonds. The number of carbonyl (C=O) groups is 1. The van der Waals surface area contributed by atoms with Crippen LogP contribution >= 0.6 is 0 Å². The molecule has 0 aliphatic heterocycles. The van der Waals surface area contributed by atoms with Gasteiger partial charge in [0.25, 0.3) is 0 Å². The average Bonchev–Trinajstić information content (AvgIpc) is 2.59. The first-order chi connectivity index (χ1) is 11.2. The van der Waals surface area contributed by atoms with Crippen molar-refractivity contribution in [3.8, 4) is 6.07 Å². The molecule has 5 nitrogen and oxygen atoms in total. The van der Waals surface area contributed by atoms with Crippen LogP contribution in [-0.4, -0.2) is 24.1 Å². The van der Waals surface area contributed by atoms with Crippen molar-refractivity contribution in [1.29, 1.82) is 5.26 Å². The summed E-state index contributed by atoms with van der Waals surface area (Å²) in [6, 6.07) is 5.50. The van der Waals surface area contributed by atoms with Crippen LogP contribution in [0.5, 0.6) is 0 Å². The van der Waals surface area contributed by atoms with Gasteiger partial charge in [0, 0.05) is 12.6 Å². The topological polar surface area (TPSA) is 75.0 Å². The second kappa shape index (κ2) is 9.14. The van der Waals surface area contributed by atoms with Crippen molar-refractivity contribution in [3.63, 3.8) is 0 Å². The van der Waals surface area contributed by atoms with E-state index in [2.05, 4.69) is 23.3 Å². The summed E-state index contributed by atoms with van der Waals surface area (Å²) < 4.78 is 5.29. The molecule has 1 aromatic heterocycles. The smallest absolute Gasteiger partial charge is 0.306 e. The van der Waals surface area contributed by atoms with Gasteiger partial charge in [-0.25, -0.2) is 4.98 Å². The lowest BCUT2D eigenvalue weighted by Crippen LogP contribution is -2.21. The zero-order valence-corrected chi connectivity index (χ0v) is 13.8. The van der Waals surface area contributed by atoms with Crippen molar-refractivity contribution < 1.29 is 9.53 Å². The molecule has 1 saturated carbocycles. The van der Waals surface area contributed by atoms with Gasteiger partial charge in [-0.15, -0.1) is 0 Å². The molecule has 1 aromatic rings. The van der Waals surface area contributed by atoms with Crippen LogP contribution in [0.4, 0.5) is 5.82 Å². The third-order valence-electron chi connectivity index (χ3n) is 4.53. The van der Waals surface area contributed by atoms with Gasteiger partial charge in [0.15, 0.2) is 0 Å². The third kappa shape index (κ3) is 5.55. The SMILES string of the molecule is CC(CC(=O)OCCNc1ncccc1C#N)C1CCCCC1. The standard InChI is InChI=1S/C18H25N3O2/c1-14(15-6-3-2-4-7-15)12-17(22)23-11-10-21-18-16(13-19)8-5-9-20-18/h5,8-9,14-15H,2-4,6-7,10-12H2,1H3,(H,20,21). The Morgan fingerprint density at radius 1 is 1.48 bits per heavy atom. The van der Waals surface area contributed by atoms with E-state index in [0.717, 1.165) is 0 Å². The molecule has 0 radical (unpaired) electrons. The number of anilines is 1. The lowest BCUT2D eigenvalue weighted by molar-refractivity contribution is -0.144. The van der Waals surface area contributed by atoms with Gasteiger partial charge in [0.2, 0.25) is 0 Å². The minimum atomic E-state index is -0.133. The lowest BCUT2D eigenvalue weighted by Gasteiger charge is -2.26. The minimum Gasteiger partial charge on any atom is -0.464 e. The lowest BCUT2D eigenvalue weighted by atomic mass is 9.79. The van der Waals surface area contributed by atoms with Crippen molar-refractivity contribution in [2.24, 2.45) is 11.8 Å². The fraction of sp³-hybridized carbons (Fsp3) is 0.611. The van der Waals surface area contributed by atoms with Crippen LogP contribution in [0.3, 0.4) is 0 Å². The van der Waals surface area contributed by atoms with E-state index in [0.29, 0.717) is 36.2 Å². The summed E-state index contributed by atoms with van der Waals surface area (Å²) in [7, 11) is 0. The number of nitrogens with zero attached hydrogens (tertiary/aromatic N) is 2. The molecule has 1 atom stereocenters. The van der Waals surface area contributed by atoms with Crippen LogP contribution in [0.15, 0.2) is 18.3 Å². The molecule has 1 fully saturated rings. The molecule has 2 rings (SSSR count). The number of aromatic nitrogens is 1. The zero-order valence-electron chi connectivity index (χ0n) is 13.8. The normalized spacial score (nSPS) is 16.3. The number of hydrogen-bond donors (Lipinski definition) is 1. The molecule has 0 saturated heterocycles. The number of hydrogen-bond acceptors (Lipinski definition) is 5. The quantitative estimate of drug-likeness (QED) is 0.615. The Morgan fingerprint density at radius 3 is 3.00 bits per heavy atom. The van der Waals surface area contributed by atoms with Crippen LogP contribution in [-0.2, 0) is 9.53 Å². The van der Waals surface area contributed by atoms with E-state index in [1.807, 2.05) is 0 Å².